The lowest BCUT2D eigenvalue weighted by molar-refractivity contribution is -0.130. The molecule has 4 heterocycles. The maximum atomic E-state index is 13.8. The second-order valence-electron chi connectivity index (χ2n) is 14.4. The first kappa shape index (κ1) is 30.8. The Labute approximate surface area is 255 Å². The Hall–Kier alpha value is -2.26. The van der Waals surface area contributed by atoms with Crippen molar-refractivity contribution in [3.63, 3.8) is 0 Å². The predicted molar refractivity (Wildman–Crippen MR) is 162 cm³/mol. The van der Waals surface area contributed by atoms with Gasteiger partial charge in [-0.25, -0.2) is 13.6 Å². The Bertz CT molecular complexity index is 1100. The fraction of sp³-hybridized carbons (Fsp3) is 0.765. The molecule has 43 heavy (non-hydrogen) atoms. The minimum Gasteiger partial charge on any atom is -0.381 e. The number of hydrogen-bond donors (Lipinski definition) is 1. The monoisotopic (exact) mass is 600 g/mol. The highest BCUT2D eigenvalue weighted by molar-refractivity contribution is 5.79. The molecule has 1 aromatic rings. The molecule has 9 heteroatoms. The largest absolute Gasteiger partial charge is 0.381 e. The molecule has 6 rings (SSSR count). The van der Waals surface area contributed by atoms with Gasteiger partial charge < -0.3 is 19.9 Å². The summed E-state index contributed by atoms with van der Waals surface area (Å²) in [7, 11) is 0. The summed E-state index contributed by atoms with van der Waals surface area (Å²) in [6.07, 6.45) is 7.32. The number of benzene rings is 1. The van der Waals surface area contributed by atoms with E-state index in [1.54, 1.807) is 0 Å². The van der Waals surface area contributed by atoms with E-state index in [1.165, 1.54) is 0 Å². The van der Waals surface area contributed by atoms with Crippen molar-refractivity contribution in [2.24, 2.45) is 11.8 Å². The van der Waals surface area contributed by atoms with Crippen LogP contribution in [-0.4, -0.2) is 89.1 Å². The first-order valence-corrected chi connectivity index (χ1v) is 16.8. The zero-order chi connectivity index (χ0) is 30.2. The third kappa shape index (κ3) is 6.58. The molecular weight excluding hydrogens is 550 g/mol. The normalized spacial score (nSPS) is 32.1. The van der Waals surface area contributed by atoms with Gasteiger partial charge in [0.1, 0.15) is 0 Å². The van der Waals surface area contributed by atoms with Crippen LogP contribution >= 0.6 is 0 Å². The van der Waals surface area contributed by atoms with E-state index in [1.807, 2.05) is 18.2 Å². The molecule has 4 aliphatic heterocycles. The van der Waals surface area contributed by atoms with Gasteiger partial charge in [0.15, 0.2) is 0 Å². The number of halogens is 2. The third-order valence-electron chi connectivity index (χ3n) is 11.0. The van der Waals surface area contributed by atoms with E-state index < -0.39 is 5.92 Å². The van der Waals surface area contributed by atoms with Crippen LogP contribution in [0, 0.1) is 11.8 Å². The highest BCUT2D eigenvalue weighted by Gasteiger charge is 2.57. The van der Waals surface area contributed by atoms with E-state index >= 15 is 0 Å². The maximum absolute atomic E-state index is 13.8. The summed E-state index contributed by atoms with van der Waals surface area (Å²) in [4.78, 5) is 34.0. The third-order valence-corrected chi connectivity index (χ3v) is 11.0. The van der Waals surface area contributed by atoms with Crippen LogP contribution < -0.4 is 5.32 Å². The number of nitrogens with one attached hydrogen (secondary N) is 1. The van der Waals surface area contributed by atoms with Crippen molar-refractivity contribution in [1.29, 1.82) is 0 Å². The summed E-state index contributed by atoms with van der Waals surface area (Å²) in [5.41, 5.74) is 0.937. The average Bonchev–Trinajstić information content (AvgIpc) is 3.39. The van der Waals surface area contributed by atoms with Crippen LogP contribution in [0.1, 0.15) is 96.1 Å². The number of amides is 3. The molecule has 1 spiro atoms. The van der Waals surface area contributed by atoms with E-state index in [0.717, 1.165) is 83.4 Å². The molecule has 5 aliphatic rings. The maximum Gasteiger partial charge on any atom is 0.320 e. The molecule has 238 valence electrons. The van der Waals surface area contributed by atoms with Crippen molar-refractivity contribution in [2.45, 2.75) is 120 Å². The highest BCUT2D eigenvalue weighted by Crippen LogP contribution is 2.48. The SMILES string of the molecule is CC(C)N1C(=O)N(CC2CCCOC2)CC12CC1CCC(C2)N1CC[C@H](NC(=O)C1CCC(F)(F)CC1)c1ccccc1. The van der Waals surface area contributed by atoms with Gasteiger partial charge in [0.2, 0.25) is 11.8 Å². The number of carbonyl (C=O) groups excluding carboxylic acids is 2. The molecule has 1 saturated carbocycles. The minimum absolute atomic E-state index is 0.0922. The van der Waals surface area contributed by atoms with Gasteiger partial charge in [-0.1, -0.05) is 30.3 Å². The first-order chi connectivity index (χ1) is 20.6. The van der Waals surface area contributed by atoms with E-state index in [4.69, 9.17) is 4.74 Å². The molecule has 4 atom stereocenters. The van der Waals surface area contributed by atoms with Crippen LogP contribution in [0.4, 0.5) is 13.6 Å². The van der Waals surface area contributed by atoms with Crippen molar-refractivity contribution < 1.29 is 23.1 Å². The molecule has 1 N–H and O–H groups in total. The number of rotatable bonds is 9. The van der Waals surface area contributed by atoms with Crippen LogP contribution in [0.5, 0.6) is 0 Å². The zero-order valence-corrected chi connectivity index (χ0v) is 26.0. The Morgan fingerprint density at radius 2 is 1.74 bits per heavy atom. The number of piperidine rings is 1. The standard InChI is InChI=1S/C34H50F2N4O3/c1-24(2)40-32(42)38(21-25-7-6-18-43-22-25)23-33(40)19-28-10-11-29(20-33)39(28)17-14-30(26-8-4-3-5-9-26)37-31(41)27-12-15-34(35,36)16-13-27/h3-5,8-9,24-25,27-30H,6-7,10-23H2,1-2H3,(H,37,41)/t25?,28?,29?,30-,33?/m0/s1. The Balaban J connectivity index is 1.12. The van der Waals surface area contributed by atoms with Crippen molar-refractivity contribution >= 4 is 11.9 Å². The van der Waals surface area contributed by atoms with Gasteiger partial charge in [-0.2, -0.15) is 0 Å². The number of hydrogen-bond acceptors (Lipinski definition) is 4. The van der Waals surface area contributed by atoms with E-state index in [2.05, 4.69) is 46.0 Å². The van der Waals surface area contributed by atoms with Gasteiger partial charge >= 0.3 is 6.03 Å². The summed E-state index contributed by atoms with van der Waals surface area (Å²) < 4.78 is 33.2. The predicted octanol–water partition coefficient (Wildman–Crippen LogP) is 6.00. The number of carbonyl (C=O) groups is 2. The second kappa shape index (κ2) is 12.6. The van der Waals surface area contributed by atoms with Crippen LogP contribution in [0.3, 0.4) is 0 Å². The number of urea groups is 1. The molecule has 1 aromatic carbocycles. The minimum atomic E-state index is -2.64. The average molecular weight is 601 g/mol. The second-order valence-corrected chi connectivity index (χ2v) is 14.4. The van der Waals surface area contributed by atoms with E-state index in [-0.39, 0.29) is 61.2 Å². The summed E-state index contributed by atoms with van der Waals surface area (Å²) >= 11 is 0. The molecule has 1 aliphatic carbocycles. The van der Waals surface area contributed by atoms with Crippen LogP contribution in [0.2, 0.25) is 0 Å². The van der Waals surface area contributed by atoms with Gasteiger partial charge in [0, 0.05) is 69.0 Å². The molecule has 3 unspecified atom stereocenters. The van der Waals surface area contributed by atoms with Crippen molar-refractivity contribution in [3.8, 4) is 0 Å². The fourth-order valence-electron chi connectivity index (χ4n) is 9.01. The fourth-order valence-corrected chi connectivity index (χ4v) is 9.01. The molecule has 0 radical (unpaired) electrons. The number of fused-ring (bicyclic) bond motifs is 2. The summed E-state index contributed by atoms with van der Waals surface area (Å²) in [5, 5.41) is 3.26. The Morgan fingerprint density at radius 1 is 1.05 bits per heavy atom. The van der Waals surface area contributed by atoms with Gasteiger partial charge in [0.05, 0.1) is 18.2 Å². The summed E-state index contributed by atoms with van der Waals surface area (Å²) in [5.74, 6) is -2.65. The topological polar surface area (TPSA) is 65.1 Å². The quantitative estimate of drug-likeness (QED) is 0.378. The molecule has 3 amide bonds. The smallest absolute Gasteiger partial charge is 0.320 e. The molecule has 5 fully saturated rings. The molecule has 2 bridgehead atoms. The highest BCUT2D eigenvalue weighted by atomic mass is 19.3. The molecule has 0 aromatic heterocycles. The lowest BCUT2D eigenvalue weighted by Crippen LogP contribution is -2.60. The van der Waals surface area contributed by atoms with Crippen molar-refractivity contribution in [1.82, 2.24) is 20.0 Å². The number of ether oxygens (including phenoxy) is 1. The van der Waals surface area contributed by atoms with Gasteiger partial charge in [-0.15, -0.1) is 0 Å². The molecule has 7 nitrogen and oxygen atoms in total. The van der Waals surface area contributed by atoms with Gasteiger partial charge in [0.25, 0.3) is 0 Å². The van der Waals surface area contributed by atoms with Gasteiger partial charge in [-0.3, -0.25) is 9.69 Å². The van der Waals surface area contributed by atoms with E-state index in [9.17, 15) is 18.4 Å². The Kier molecular flexibility index (Phi) is 9.03. The number of nitrogens with zero attached hydrogens (tertiary/aromatic N) is 3. The zero-order valence-electron chi connectivity index (χ0n) is 26.0. The van der Waals surface area contributed by atoms with Crippen molar-refractivity contribution in [2.75, 3.05) is 32.8 Å². The first-order valence-electron chi connectivity index (χ1n) is 16.8. The Morgan fingerprint density at radius 3 is 2.37 bits per heavy atom. The number of alkyl halides is 2. The van der Waals surface area contributed by atoms with Crippen LogP contribution in [-0.2, 0) is 9.53 Å². The van der Waals surface area contributed by atoms with E-state index in [0.29, 0.717) is 18.0 Å². The van der Waals surface area contributed by atoms with Crippen LogP contribution in [0.15, 0.2) is 30.3 Å². The van der Waals surface area contributed by atoms with Gasteiger partial charge in [-0.05, 0) is 77.2 Å². The lowest BCUT2D eigenvalue weighted by atomic mass is 9.81. The lowest BCUT2D eigenvalue weighted by Gasteiger charge is -2.49. The summed E-state index contributed by atoms with van der Waals surface area (Å²) in [6.45, 7) is 8.37. The van der Waals surface area contributed by atoms with Crippen LogP contribution in [0.25, 0.3) is 0 Å². The molecular formula is C34H50F2N4O3. The van der Waals surface area contributed by atoms with Crippen molar-refractivity contribution in [3.05, 3.63) is 35.9 Å². The summed E-state index contributed by atoms with van der Waals surface area (Å²) in [6, 6.07) is 11.1. The molecule has 4 saturated heterocycles.